The fourth-order valence-corrected chi connectivity index (χ4v) is 1.91. The minimum atomic E-state index is -0.506. The monoisotopic (exact) mass is 272 g/mol. The van der Waals surface area contributed by atoms with Gasteiger partial charge in [0.1, 0.15) is 17.7 Å². The van der Waals surface area contributed by atoms with E-state index in [9.17, 15) is 9.18 Å². The van der Waals surface area contributed by atoms with Crippen LogP contribution in [0.25, 0.3) is 0 Å². The van der Waals surface area contributed by atoms with Crippen LogP contribution in [0.2, 0.25) is 5.02 Å². The molecule has 0 saturated heterocycles. The predicted molar refractivity (Wildman–Crippen MR) is 65.5 cm³/mol. The van der Waals surface area contributed by atoms with Gasteiger partial charge in [0.25, 0.3) is 0 Å². The van der Waals surface area contributed by atoms with Gasteiger partial charge in [-0.2, -0.15) is 0 Å². The highest BCUT2D eigenvalue weighted by Crippen LogP contribution is 2.28. The van der Waals surface area contributed by atoms with E-state index >= 15 is 0 Å². The van der Waals surface area contributed by atoms with Gasteiger partial charge in [-0.05, 0) is 18.6 Å². The van der Waals surface area contributed by atoms with Gasteiger partial charge in [0.05, 0.1) is 5.02 Å². The number of ether oxygens (including phenoxy) is 2. The van der Waals surface area contributed by atoms with E-state index in [1.807, 2.05) is 6.92 Å². The van der Waals surface area contributed by atoms with Crippen LogP contribution in [0.3, 0.4) is 0 Å². The molecule has 1 aliphatic rings. The maximum absolute atomic E-state index is 13.0. The highest BCUT2D eigenvalue weighted by Gasteiger charge is 2.42. The van der Waals surface area contributed by atoms with Crippen molar-refractivity contribution in [3.63, 3.8) is 0 Å². The van der Waals surface area contributed by atoms with Gasteiger partial charge in [-0.3, -0.25) is 4.79 Å². The number of hydrogen-bond donors (Lipinski definition) is 0. The van der Waals surface area contributed by atoms with Gasteiger partial charge in [-0.25, -0.2) is 4.39 Å². The number of Topliss-reactive ketones (excluding diaryl/α,β-unsaturated/α-hetero) is 1. The Kier molecular flexibility index (Phi) is 4.19. The van der Waals surface area contributed by atoms with Crippen LogP contribution < -0.4 is 4.74 Å². The molecule has 2 rings (SSSR count). The summed E-state index contributed by atoms with van der Waals surface area (Å²) in [5, 5.41) is 0.00387. The number of benzene rings is 1. The molecule has 1 saturated carbocycles. The number of carbonyl (C=O) groups is 1. The van der Waals surface area contributed by atoms with Crippen molar-refractivity contribution in [3.8, 4) is 5.75 Å². The summed E-state index contributed by atoms with van der Waals surface area (Å²) in [5.74, 6) is -0.00172. The van der Waals surface area contributed by atoms with E-state index in [1.165, 1.54) is 18.2 Å². The Hall–Kier alpha value is -1.13. The lowest BCUT2D eigenvalue weighted by Crippen LogP contribution is -2.52. The summed E-state index contributed by atoms with van der Waals surface area (Å²) in [6.07, 6.45) is 0.363. The van der Waals surface area contributed by atoms with E-state index in [4.69, 9.17) is 21.1 Å². The Bertz CT molecular complexity index is 450. The molecule has 0 aromatic heterocycles. The Morgan fingerprint density at radius 1 is 1.50 bits per heavy atom. The van der Waals surface area contributed by atoms with Crippen LogP contribution in [0.5, 0.6) is 5.75 Å². The van der Waals surface area contributed by atoms with E-state index in [2.05, 4.69) is 0 Å². The Morgan fingerprint density at radius 2 is 2.28 bits per heavy atom. The number of ketones is 1. The molecule has 0 aliphatic heterocycles. The first kappa shape index (κ1) is 13.3. The smallest absolute Gasteiger partial charge is 0.169 e. The first-order valence-electron chi connectivity index (χ1n) is 5.88. The van der Waals surface area contributed by atoms with E-state index in [0.29, 0.717) is 18.8 Å². The van der Waals surface area contributed by atoms with Gasteiger partial charge in [-0.1, -0.05) is 18.5 Å². The van der Waals surface area contributed by atoms with Crippen molar-refractivity contribution in [2.75, 3.05) is 6.61 Å². The molecule has 0 amide bonds. The number of carbonyl (C=O) groups excluding carboxylic acids is 1. The fraction of sp³-hybridized carbons (Fsp3) is 0.462. The molecule has 98 valence electrons. The molecular formula is C13H14ClFO3. The molecule has 18 heavy (non-hydrogen) atoms. The van der Waals surface area contributed by atoms with E-state index in [1.54, 1.807) is 0 Å². The second kappa shape index (κ2) is 5.67. The van der Waals surface area contributed by atoms with Crippen molar-refractivity contribution in [1.29, 1.82) is 0 Å². The molecule has 0 spiro atoms. The molecule has 1 aromatic carbocycles. The van der Waals surface area contributed by atoms with Gasteiger partial charge in [0.2, 0.25) is 0 Å². The average molecular weight is 273 g/mol. The molecule has 0 heterocycles. The normalized spacial score (nSPS) is 22.7. The van der Waals surface area contributed by atoms with Gasteiger partial charge in [-0.15, -0.1) is 0 Å². The number of rotatable bonds is 5. The number of halogens is 2. The van der Waals surface area contributed by atoms with Crippen molar-refractivity contribution >= 4 is 17.4 Å². The molecule has 3 nitrogen and oxygen atoms in total. The zero-order valence-electron chi connectivity index (χ0n) is 9.99. The van der Waals surface area contributed by atoms with Crippen molar-refractivity contribution < 1.29 is 18.7 Å². The zero-order chi connectivity index (χ0) is 13.1. The molecular weight excluding hydrogens is 259 g/mol. The maximum Gasteiger partial charge on any atom is 0.169 e. The van der Waals surface area contributed by atoms with E-state index in [-0.39, 0.29) is 16.9 Å². The van der Waals surface area contributed by atoms with Gasteiger partial charge in [0.15, 0.2) is 11.9 Å². The molecule has 1 aliphatic carbocycles. The summed E-state index contributed by atoms with van der Waals surface area (Å²) in [4.78, 5) is 11.4. The molecule has 0 bridgehead atoms. The zero-order valence-corrected chi connectivity index (χ0v) is 10.7. The molecule has 0 N–H and O–H groups in total. The summed E-state index contributed by atoms with van der Waals surface area (Å²) in [7, 11) is 0. The van der Waals surface area contributed by atoms with Crippen molar-refractivity contribution in [2.24, 2.45) is 0 Å². The van der Waals surface area contributed by atoms with Crippen molar-refractivity contribution in [3.05, 3.63) is 29.0 Å². The van der Waals surface area contributed by atoms with Crippen LogP contribution in [-0.4, -0.2) is 24.6 Å². The van der Waals surface area contributed by atoms with Crippen LogP contribution in [0.15, 0.2) is 18.2 Å². The molecule has 2 unspecified atom stereocenters. The summed E-state index contributed by atoms with van der Waals surface area (Å²) >= 11 is 5.65. The van der Waals surface area contributed by atoms with Crippen molar-refractivity contribution in [2.45, 2.75) is 32.0 Å². The SMILES string of the molecule is CCCOC1C(=O)CC1Oc1ccc(F)c(Cl)c1. The minimum absolute atomic E-state index is 0.00387. The Morgan fingerprint density at radius 3 is 2.89 bits per heavy atom. The first-order valence-corrected chi connectivity index (χ1v) is 6.25. The lowest BCUT2D eigenvalue weighted by molar-refractivity contribution is -0.154. The standard InChI is InChI=1S/C13H14ClFO3/c1-2-5-17-13-11(16)7-12(13)18-8-3-4-10(15)9(14)6-8/h3-4,6,12-13H,2,5,7H2,1H3. The second-order valence-corrected chi connectivity index (χ2v) is 4.60. The largest absolute Gasteiger partial charge is 0.487 e. The van der Waals surface area contributed by atoms with E-state index < -0.39 is 11.9 Å². The van der Waals surface area contributed by atoms with Crippen molar-refractivity contribution in [1.82, 2.24) is 0 Å². The van der Waals surface area contributed by atoms with Crippen LogP contribution in [-0.2, 0) is 9.53 Å². The molecule has 5 heteroatoms. The first-order chi connectivity index (χ1) is 8.61. The van der Waals surface area contributed by atoms with Gasteiger partial charge in [0, 0.05) is 19.1 Å². The lowest BCUT2D eigenvalue weighted by atomic mass is 9.90. The Labute approximate surface area is 110 Å². The topological polar surface area (TPSA) is 35.5 Å². The third-order valence-electron chi connectivity index (χ3n) is 2.74. The highest BCUT2D eigenvalue weighted by molar-refractivity contribution is 6.30. The lowest BCUT2D eigenvalue weighted by Gasteiger charge is -2.34. The number of hydrogen-bond acceptors (Lipinski definition) is 3. The second-order valence-electron chi connectivity index (χ2n) is 4.19. The third kappa shape index (κ3) is 2.82. The van der Waals surface area contributed by atoms with Crippen LogP contribution >= 0.6 is 11.6 Å². The average Bonchev–Trinajstić information content (AvgIpc) is 2.33. The molecule has 1 fully saturated rings. The summed E-state index contributed by atoms with van der Waals surface area (Å²) < 4.78 is 23.9. The Balaban J connectivity index is 1.96. The third-order valence-corrected chi connectivity index (χ3v) is 3.03. The van der Waals surface area contributed by atoms with Crippen LogP contribution in [0.1, 0.15) is 19.8 Å². The fourth-order valence-electron chi connectivity index (χ4n) is 1.74. The predicted octanol–water partition coefficient (Wildman–Crippen LogP) is 2.99. The minimum Gasteiger partial charge on any atom is -0.487 e. The van der Waals surface area contributed by atoms with E-state index in [0.717, 1.165) is 6.42 Å². The summed E-state index contributed by atoms with van der Waals surface area (Å²) in [6.45, 7) is 2.50. The molecule has 1 aromatic rings. The highest BCUT2D eigenvalue weighted by atomic mass is 35.5. The van der Waals surface area contributed by atoms with Crippen LogP contribution in [0, 0.1) is 5.82 Å². The van der Waals surface area contributed by atoms with Crippen LogP contribution in [0.4, 0.5) is 4.39 Å². The summed E-state index contributed by atoms with van der Waals surface area (Å²) in [6, 6.07) is 4.12. The van der Waals surface area contributed by atoms with Gasteiger partial charge < -0.3 is 9.47 Å². The quantitative estimate of drug-likeness (QED) is 0.827. The summed E-state index contributed by atoms with van der Waals surface area (Å²) in [5.41, 5.74) is 0. The molecule has 0 radical (unpaired) electrons. The maximum atomic E-state index is 13.0. The molecule has 2 atom stereocenters. The van der Waals surface area contributed by atoms with Gasteiger partial charge >= 0.3 is 0 Å².